The molecule has 4 aliphatic carbocycles. The van der Waals surface area contributed by atoms with E-state index in [1.807, 2.05) is 33.9 Å². The predicted molar refractivity (Wildman–Crippen MR) is 282 cm³/mol. The van der Waals surface area contributed by atoms with Crippen LogP contribution in [0.4, 0.5) is 23.8 Å². The number of hydrogen-bond acceptors (Lipinski definition) is 21. The molecule has 2 N–H and O–H groups in total. The van der Waals surface area contributed by atoms with Gasteiger partial charge in [-0.1, -0.05) is 15.5 Å². The summed E-state index contributed by atoms with van der Waals surface area (Å²) in [7, 11) is 0. The molecule has 26 nitrogen and oxygen atoms in total. The van der Waals surface area contributed by atoms with E-state index in [1.54, 1.807) is 36.4 Å². The highest BCUT2D eigenvalue weighted by Crippen LogP contribution is 2.48. The summed E-state index contributed by atoms with van der Waals surface area (Å²) < 4.78 is 8.00. The first-order valence-corrected chi connectivity index (χ1v) is 26.9. The summed E-state index contributed by atoms with van der Waals surface area (Å²) in [6, 6.07) is 0. The Balaban J connectivity index is 0.000000112. The Morgan fingerprint density at radius 3 is 1.24 bits per heavy atom. The molecule has 0 amide bonds. The third kappa shape index (κ3) is 12.1. The van der Waals surface area contributed by atoms with Crippen LogP contribution in [0.3, 0.4) is 0 Å². The molecule has 78 heavy (non-hydrogen) atoms. The topological polar surface area (TPSA) is 310 Å². The summed E-state index contributed by atoms with van der Waals surface area (Å²) in [5, 5.41) is 36.6. The Bertz CT molecular complexity index is 3200. The van der Waals surface area contributed by atoms with Gasteiger partial charge in [0, 0.05) is 122 Å². The van der Waals surface area contributed by atoms with Crippen LogP contribution in [-0.2, 0) is 31.0 Å². The number of azide groups is 1. The summed E-state index contributed by atoms with van der Waals surface area (Å²) >= 11 is 0. The number of nitrogens with zero attached hydrogens (tertiary/aromatic N) is 21. The number of fused-ring (bicyclic) bond motifs is 4. The van der Waals surface area contributed by atoms with Crippen molar-refractivity contribution in [1.29, 1.82) is 0 Å². The van der Waals surface area contributed by atoms with Crippen molar-refractivity contribution in [2.75, 3.05) is 78.6 Å². The van der Waals surface area contributed by atoms with E-state index >= 15 is 0 Å². The van der Waals surface area contributed by atoms with Gasteiger partial charge in [-0.05, 0) is 119 Å². The SMILES string of the molecule is CCOC(=O)c1cn(Cc2cnc(N3CC4CC4C3)nc2C)nn1.Cc1nc(N2CC3CC3C2)ncc1CN=[N+]=[N-].Cc1nc(N2CC3CC3C2)ncc1CO.Cc1nc(N2CC3CC3C2)ncc1Cn1cc(C(=O)O)nn1. The zero-order chi connectivity index (χ0) is 54.2. The van der Waals surface area contributed by atoms with E-state index in [2.05, 4.69) is 90.1 Å². The second kappa shape index (κ2) is 22.2. The molecule has 408 valence electrons. The first-order chi connectivity index (χ1) is 37.8. The summed E-state index contributed by atoms with van der Waals surface area (Å²) in [5.41, 5.74) is 15.6. The zero-order valence-corrected chi connectivity index (χ0v) is 44.6. The number of hydrogen-bond donors (Lipinski definition) is 2. The lowest BCUT2D eigenvalue weighted by molar-refractivity contribution is 0.0518. The lowest BCUT2D eigenvalue weighted by Gasteiger charge is -2.18. The maximum atomic E-state index is 11.6. The van der Waals surface area contributed by atoms with Gasteiger partial charge in [-0.3, -0.25) is 0 Å². The van der Waals surface area contributed by atoms with Crippen molar-refractivity contribution in [2.45, 2.75) is 86.5 Å². The second-order valence-electron chi connectivity index (χ2n) is 21.9. The van der Waals surface area contributed by atoms with Gasteiger partial charge in [0.1, 0.15) is 0 Å². The van der Waals surface area contributed by atoms with Crippen LogP contribution in [0.15, 0.2) is 42.3 Å². The number of rotatable bonds is 14. The fourth-order valence-electron chi connectivity index (χ4n) is 11.0. The van der Waals surface area contributed by atoms with Crippen LogP contribution in [0.2, 0.25) is 0 Å². The predicted octanol–water partition coefficient (Wildman–Crippen LogP) is 4.42. The Morgan fingerprint density at radius 2 is 0.923 bits per heavy atom. The van der Waals surface area contributed by atoms with E-state index in [0.717, 1.165) is 169 Å². The van der Waals surface area contributed by atoms with E-state index in [9.17, 15) is 9.59 Å². The van der Waals surface area contributed by atoms with Crippen molar-refractivity contribution in [2.24, 2.45) is 52.5 Å². The smallest absolute Gasteiger partial charge is 0.360 e. The number of aromatic carboxylic acids is 1. The van der Waals surface area contributed by atoms with Crippen LogP contribution in [0, 0.1) is 75.0 Å². The summed E-state index contributed by atoms with van der Waals surface area (Å²) in [6.07, 6.45) is 15.6. The fourth-order valence-corrected chi connectivity index (χ4v) is 11.0. The van der Waals surface area contributed by atoms with Crippen LogP contribution in [0.1, 0.15) is 98.6 Å². The Labute approximate surface area is 450 Å². The summed E-state index contributed by atoms with van der Waals surface area (Å²) in [4.78, 5) is 70.0. The third-order valence-corrected chi connectivity index (χ3v) is 16.2. The molecular weight excluding hydrogens is 999 g/mol. The van der Waals surface area contributed by atoms with Crippen LogP contribution < -0.4 is 19.6 Å². The maximum Gasteiger partial charge on any atom is 0.360 e. The first kappa shape index (κ1) is 52.1. The molecule has 4 aliphatic heterocycles. The Kier molecular flexibility index (Phi) is 14.8. The van der Waals surface area contributed by atoms with Crippen LogP contribution >= 0.6 is 0 Å². The minimum atomic E-state index is -1.08. The van der Waals surface area contributed by atoms with Gasteiger partial charge < -0.3 is 34.5 Å². The number of carbonyl (C=O) groups is 2. The lowest BCUT2D eigenvalue weighted by Crippen LogP contribution is -2.24. The normalized spacial score (nSPS) is 24.0. The molecule has 8 unspecified atom stereocenters. The zero-order valence-electron chi connectivity index (χ0n) is 44.6. The highest BCUT2D eigenvalue weighted by Gasteiger charge is 2.48. The van der Waals surface area contributed by atoms with Crippen LogP contribution in [0.25, 0.3) is 10.4 Å². The first-order valence-electron chi connectivity index (χ1n) is 26.9. The molecule has 8 aliphatic rings. The standard InChI is InChI=1S/C16H20N6O2.C14H16N6O2.C11H14N6.C11H15N3O/c1-3-24-15(23)14-9-22(20-19-14)8-13-5-17-16(18-10(13)2)21-6-11-4-12(11)7-21;1-8-11(6-20-7-12(13(21)22)17-18-20)3-15-14(16-8)19-4-9-2-10(9)5-19;1-7-10(4-14-16-12)3-13-11(15-7)17-5-8-2-9(8)6-17;1-7-10(6-15)3-12-11(13-7)14-4-8-2-9(8)5-14/h5,9,11-12H,3-4,6-8H2,1-2H3;3,7,9-10H,2,4-6H2,1H3,(H,21,22);3,8-9H,2,4-6H2,1H3;3,8-9,15H,2,4-6H2,1H3. The molecule has 6 aromatic rings. The number of aromatic nitrogens is 14. The van der Waals surface area contributed by atoms with Gasteiger partial charge in [-0.25, -0.2) is 58.8 Å². The van der Waals surface area contributed by atoms with Gasteiger partial charge in [0.2, 0.25) is 23.8 Å². The van der Waals surface area contributed by atoms with Crippen LogP contribution in [-0.4, -0.2) is 151 Å². The highest BCUT2D eigenvalue weighted by molar-refractivity contribution is 5.86. The van der Waals surface area contributed by atoms with Crippen LogP contribution in [0.5, 0.6) is 0 Å². The number of carboxylic acids is 1. The van der Waals surface area contributed by atoms with Gasteiger partial charge in [0.15, 0.2) is 11.4 Å². The number of carboxylic acid groups (broad SMARTS) is 1. The molecular formula is C52H65N21O5. The quantitative estimate of drug-likeness (QED) is 0.0660. The molecule has 8 atom stereocenters. The lowest BCUT2D eigenvalue weighted by atomic mass is 10.2. The number of aryl methyl sites for hydroxylation is 4. The Morgan fingerprint density at radius 1 is 0.577 bits per heavy atom. The molecule has 0 radical (unpaired) electrons. The van der Waals surface area contributed by atoms with Gasteiger partial charge in [-0.15, -0.1) is 10.2 Å². The summed E-state index contributed by atoms with van der Waals surface area (Å²) in [6.45, 7) is 19.8. The molecule has 0 bridgehead atoms. The van der Waals surface area contributed by atoms with Crippen molar-refractivity contribution < 1.29 is 24.5 Å². The van der Waals surface area contributed by atoms with Crippen molar-refractivity contribution in [3.05, 3.63) is 104 Å². The fraction of sp³-hybridized carbons (Fsp3) is 0.577. The van der Waals surface area contributed by atoms with Gasteiger partial charge >= 0.3 is 11.9 Å². The average Bonchev–Trinajstić information content (AvgIpc) is 4.39. The van der Waals surface area contributed by atoms with Crippen molar-refractivity contribution >= 4 is 35.7 Å². The maximum absolute atomic E-state index is 11.6. The molecule has 8 fully saturated rings. The van der Waals surface area contributed by atoms with Crippen molar-refractivity contribution in [1.82, 2.24) is 69.9 Å². The second-order valence-corrected chi connectivity index (χ2v) is 21.9. The third-order valence-electron chi connectivity index (χ3n) is 16.2. The van der Waals surface area contributed by atoms with Gasteiger partial charge in [0.25, 0.3) is 0 Å². The van der Waals surface area contributed by atoms with Crippen molar-refractivity contribution in [3.63, 3.8) is 0 Å². The number of aliphatic hydroxyl groups excluding tert-OH is 1. The Hall–Kier alpha value is -7.99. The summed E-state index contributed by atoms with van der Waals surface area (Å²) in [5.74, 6) is 8.64. The molecule has 4 saturated heterocycles. The highest BCUT2D eigenvalue weighted by atomic mass is 16.5. The number of esters is 1. The monoisotopic (exact) mass is 1060 g/mol. The van der Waals surface area contributed by atoms with Gasteiger partial charge in [-0.2, -0.15) is 0 Å². The van der Waals surface area contributed by atoms with E-state index in [0.29, 0.717) is 26.2 Å². The molecule has 14 rings (SSSR count). The molecule has 6 aromatic heterocycles. The van der Waals surface area contributed by atoms with E-state index in [-0.39, 0.29) is 18.0 Å². The van der Waals surface area contributed by atoms with E-state index in [4.69, 9.17) is 20.5 Å². The molecule has 4 saturated carbocycles. The molecule has 0 aromatic carbocycles. The van der Waals surface area contributed by atoms with Gasteiger partial charge in [0.05, 0.1) is 45.2 Å². The van der Waals surface area contributed by atoms with E-state index in [1.165, 1.54) is 36.6 Å². The largest absolute Gasteiger partial charge is 0.476 e. The number of aliphatic hydroxyl groups is 1. The molecule has 10 heterocycles. The van der Waals surface area contributed by atoms with E-state index < -0.39 is 11.9 Å². The molecule has 26 heteroatoms. The number of piperidine rings is 4. The minimum Gasteiger partial charge on any atom is -0.476 e. The number of anilines is 4. The average molecular weight is 1060 g/mol. The number of carbonyl (C=O) groups excluding carboxylic acids is 1. The minimum absolute atomic E-state index is 0.0252. The van der Waals surface area contributed by atoms with Crippen molar-refractivity contribution in [3.8, 4) is 0 Å². The number of ether oxygens (including phenoxy) is 1. The molecule has 0 spiro atoms.